The van der Waals surface area contributed by atoms with E-state index in [1.165, 1.54) is 49.5 Å². The highest BCUT2D eigenvalue weighted by Gasteiger charge is 2.22. The van der Waals surface area contributed by atoms with E-state index in [1.54, 1.807) is 0 Å². The molecule has 3 heterocycles. The summed E-state index contributed by atoms with van der Waals surface area (Å²) in [5.41, 5.74) is 11.5. The van der Waals surface area contributed by atoms with Gasteiger partial charge >= 0.3 is 0 Å². The topological polar surface area (TPSA) is 48.5 Å². The molecule has 0 atom stereocenters. The SMILES string of the molecule is C1=CCCC(n2c3ccccc3c3cc(-c4cccc(-c5nc(-c6ccccc6)nc(-c6ccccc6)n5)c4)c4ccn(Cc5ccccc5)c4c32)=C1. The van der Waals surface area contributed by atoms with Gasteiger partial charge in [-0.2, -0.15) is 0 Å². The highest BCUT2D eigenvalue weighted by Crippen LogP contribution is 2.43. The van der Waals surface area contributed by atoms with Crippen LogP contribution in [-0.2, 0) is 6.54 Å². The van der Waals surface area contributed by atoms with Crippen molar-refractivity contribution >= 4 is 38.4 Å². The van der Waals surface area contributed by atoms with Gasteiger partial charge in [-0.15, -0.1) is 0 Å². The third-order valence-electron chi connectivity index (χ3n) is 10.3. The summed E-state index contributed by atoms with van der Waals surface area (Å²) in [4.78, 5) is 15.0. The van der Waals surface area contributed by atoms with Gasteiger partial charge in [-0.1, -0.05) is 140 Å². The predicted octanol–water partition coefficient (Wildman–Crippen LogP) is 11.8. The van der Waals surface area contributed by atoms with Crippen LogP contribution in [0, 0.1) is 0 Å². The fourth-order valence-electron chi connectivity index (χ4n) is 7.81. The second kappa shape index (κ2) is 13.0. The maximum atomic E-state index is 5.05. The summed E-state index contributed by atoms with van der Waals surface area (Å²) in [6.45, 7) is 0.777. The van der Waals surface area contributed by atoms with Crippen molar-refractivity contribution < 1.29 is 0 Å². The molecule has 5 heteroatoms. The van der Waals surface area contributed by atoms with Crippen LogP contribution in [0.3, 0.4) is 0 Å². The maximum Gasteiger partial charge on any atom is 0.164 e. The minimum atomic E-state index is 0.646. The van der Waals surface area contributed by atoms with E-state index in [0.717, 1.165) is 41.6 Å². The smallest absolute Gasteiger partial charge is 0.164 e. The van der Waals surface area contributed by atoms with E-state index in [9.17, 15) is 0 Å². The predicted molar refractivity (Wildman–Crippen MR) is 218 cm³/mol. The zero-order chi connectivity index (χ0) is 35.1. The average Bonchev–Trinajstić information content (AvgIpc) is 3.80. The van der Waals surface area contributed by atoms with Crippen LogP contribution in [0.15, 0.2) is 176 Å². The zero-order valence-electron chi connectivity index (χ0n) is 29.1. The number of fused-ring (bicyclic) bond motifs is 5. The Labute approximate surface area is 307 Å². The first-order chi connectivity index (χ1) is 26.3. The minimum absolute atomic E-state index is 0.646. The van der Waals surface area contributed by atoms with Gasteiger partial charge in [-0.3, -0.25) is 0 Å². The molecule has 252 valence electrons. The zero-order valence-corrected chi connectivity index (χ0v) is 29.1. The summed E-state index contributed by atoms with van der Waals surface area (Å²) in [6.07, 6.45) is 11.0. The molecule has 0 aliphatic heterocycles. The molecule has 0 amide bonds. The standard InChI is InChI=1S/C48H35N5/c1-5-16-33(17-6-1)32-52-29-28-40-41(31-42-39-26-13-14-27-43(39)53(45(42)44(40)52)38-24-11-4-12-25-38)36-22-15-23-37(30-36)48-50-46(34-18-7-2-8-19-34)49-47(51-48)35-20-9-3-10-21-35/h1-11,13-24,26-31H,12,25,32H2. The fraction of sp³-hybridized carbons (Fsp3) is 0.0625. The Morgan fingerprint density at radius 3 is 1.83 bits per heavy atom. The van der Waals surface area contributed by atoms with Crippen LogP contribution in [0.1, 0.15) is 18.4 Å². The van der Waals surface area contributed by atoms with Gasteiger partial charge in [0.2, 0.25) is 0 Å². The van der Waals surface area contributed by atoms with Crippen LogP contribution in [0.25, 0.3) is 83.7 Å². The summed E-state index contributed by atoms with van der Waals surface area (Å²) < 4.78 is 4.94. The maximum absolute atomic E-state index is 5.05. The third kappa shape index (κ3) is 5.54. The van der Waals surface area contributed by atoms with Gasteiger partial charge in [0.1, 0.15) is 0 Å². The van der Waals surface area contributed by atoms with Gasteiger partial charge in [0.15, 0.2) is 17.5 Å². The summed E-state index contributed by atoms with van der Waals surface area (Å²) in [5.74, 6) is 1.95. The quantitative estimate of drug-likeness (QED) is 0.168. The van der Waals surface area contributed by atoms with E-state index < -0.39 is 0 Å². The van der Waals surface area contributed by atoms with Gasteiger partial charge in [-0.05, 0) is 59.9 Å². The lowest BCUT2D eigenvalue weighted by atomic mass is 9.97. The summed E-state index contributed by atoms with van der Waals surface area (Å²) in [7, 11) is 0. The monoisotopic (exact) mass is 681 g/mol. The second-order valence-corrected chi connectivity index (χ2v) is 13.6. The van der Waals surface area contributed by atoms with E-state index in [1.807, 2.05) is 60.7 Å². The molecule has 0 fully saturated rings. The van der Waals surface area contributed by atoms with Gasteiger partial charge < -0.3 is 9.13 Å². The van der Waals surface area contributed by atoms with Crippen molar-refractivity contribution in [2.75, 3.05) is 0 Å². The van der Waals surface area contributed by atoms with E-state index in [-0.39, 0.29) is 0 Å². The molecule has 0 bridgehead atoms. The van der Waals surface area contributed by atoms with E-state index in [2.05, 4.69) is 125 Å². The third-order valence-corrected chi connectivity index (χ3v) is 10.3. The Hall–Kier alpha value is -6.85. The fourth-order valence-corrected chi connectivity index (χ4v) is 7.81. The molecule has 1 aliphatic carbocycles. The van der Waals surface area contributed by atoms with Crippen molar-refractivity contribution in [3.63, 3.8) is 0 Å². The number of para-hydroxylation sites is 1. The molecule has 53 heavy (non-hydrogen) atoms. The first-order valence-corrected chi connectivity index (χ1v) is 18.2. The van der Waals surface area contributed by atoms with Crippen molar-refractivity contribution in [2.24, 2.45) is 0 Å². The average molecular weight is 682 g/mol. The molecule has 0 N–H and O–H groups in total. The van der Waals surface area contributed by atoms with E-state index in [0.29, 0.717) is 17.5 Å². The minimum Gasteiger partial charge on any atom is -0.341 e. The molecule has 0 saturated heterocycles. The molecule has 5 nitrogen and oxygen atoms in total. The van der Waals surface area contributed by atoms with Crippen LogP contribution in [0.2, 0.25) is 0 Å². The lowest BCUT2D eigenvalue weighted by Crippen LogP contribution is -2.03. The molecule has 0 saturated carbocycles. The normalized spacial score (nSPS) is 12.9. The lowest BCUT2D eigenvalue weighted by Gasteiger charge is -2.17. The van der Waals surface area contributed by atoms with Gasteiger partial charge in [0, 0.05) is 51.3 Å². The van der Waals surface area contributed by atoms with Crippen molar-refractivity contribution in [2.45, 2.75) is 19.4 Å². The van der Waals surface area contributed by atoms with Crippen LogP contribution in [0.4, 0.5) is 0 Å². The van der Waals surface area contributed by atoms with Crippen molar-refractivity contribution in [1.82, 2.24) is 24.1 Å². The van der Waals surface area contributed by atoms with Crippen LogP contribution in [-0.4, -0.2) is 24.1 Å². The van der Waals surface area contributed by atoms with E-state index in [4.69, 9.17) is 15.0 Å². The first-order valence-electron chi connectivity index (χ1n) is 18.2. The number of hydrogen-bond donors (Lipinski definition) is 0. The Kier molecular flexibility index (Phi) is 7.61. The Morgan fingerprint density at radius 1 is 0.509 bits per heavy atom. The molecule has 6 aromatic carbocycles. The Morgan fingerprint density at radius 2 is 1.13 bits per heavy atom. The Bertz CT molecular complexity index is 2790. The van der Waals surface area contributed by atoms with Crippen LogP contribution < -0.4 is 0 Å². The number of allylic oxidation sites excluding steroid dienone is 4. The number of aromatic nitrogens is 5. The largest absolute Gasteiger partial charge is 0.341 e. The molecule has 0 unspecified atom stereocenters. The molecule has 0 radical (unpaired) electrons. The van der Waals surface area contributed by atoms with Gasteiger partial charge in [0.05, 0.1) is 16.6 Å². The van der Waals surface area contributed by atoms with Gasteiger partial charge in [0.25, 0.3) is 0 Å². The van der Waals surface area contributed by atoms with Crippen molar-refractivity contribution in [3.8, 4) is 45.3 Å². The highest BCUT2D eigenvalue weighted by atomic mass is 15.0. The Balaban J connectivity index is 1.21. The summed E-state index contributed by atoms with van der Waals surface area (Å²) >= 11 is 0. The van der Waals surface area contributed by atoms with Crippen molar-refractivity contribution in [1.29, 1.82) is 0 Å². The number of benzene rings is 6. The summed E-state index contributed by atoms with van der Waals surface area (Å²) in [6, 6.07) is 53.3. The second-order valence-electron chi connectivity index (χ2n) is 13.6. The number of hydrogen-bond acceptors (Lipinski definition) is 3. The number of nitrogens with zero attached hydrogens (tertiary/aromatic N) is 5. The molecule has 3 aromatic heterocycles. The molecule has 10 rings (SSSR count). The molecule has 0 spiro atoms. The van der Waals surface area contributed by atoms with Crippen molar-refractivity contribution in [3.05, 3.63) is 182 Å². The molecule has 1 aliphatic rings. The molecule has 9 aromatic rings. The van der Waals surface area contributed by atoms with Crippen LogP contribution >= 0.6 is 0 Å². The molecular weight excluding hydrogens is 647 g/mol. The first kappa shape index (κ1) is 30.9. The van der Waals surface area contributed by atoms with E-state index >= 15 is 0 Å². The number of rotatable bonds is 7. The van der Waals surface area contributed by atoms with Gasteiger partial charge in [-0.25, -0.2) is 15.0 Å². The highest BCUT2D eigenvalue weighted by molar-refractivity contribution is 6.22. The summed E-state index contributed by atoms with van der Waals surface area (Å²) in [5, 5.41) is 3.71. The van der Waals surface area contributed by atoms with Crippen LogP contribution in [0.5, 0.6) is 0 Å². The molecular formula is C48H35N5. The lowest BCUT2D eigenvalue weighted by molar-refractivity contribution is 0.837.